The van der Waals surface area contributed by atoms with E-state index in [4.69, 9.17) is 27.9 Å². The molecule has 3 amide bonds. The van der Waals surface area contributed by atoms with E-state index in [2.05, 4.69) is 4.99 Å². The van der Waals surface area contributed by atoms with Crippen LogP contribution >= 0.6 is 34.5 Å². The van der Waals surface area contributed by atoms with Gasteiger partial charge in [0.1, 0.15) is 6.54 Å². The highest BCUT2D eigenvalue weighted by molar-refractivity contribution is 7.16. The van der Waals surface area contributed by atoms with Gasteiger partial charge in [0.2, 0.25) is 11.8 Å². The minimum absolute atomic E-state index is 0.136. The zero-order valence-corrected chi connectivity index (χ0v) is 16.9. The van der Waals surface area contributed by atoms with Gasteiger partial charge in [-0.15, -0.1) is 0 Å². The Bertz CT molecular complexity index is 966. The van der Waals surface area contributed by atoms with E-state index in [1.807, 2.05) is 6.92 Å². The lowest BCUT2D eigenvalue weighted by molar-refractivity contribution is -0.141. The van der Waals surface area contributed by atoms with Gasteiger partial charge in [-0.05, 0) is 19.1 Å². The highest BCUT2D eigenvalue weighted by Gasteiger charge is 2.30. The van der Waals surface area contributed by atoms with Crippen LogP contribution < -0.4 is 4.80 Å². The van der Waals surface area contributed by atoms with Crippen molar-refractivity contribution in [2.45, 2.75) is 26.3 Å². The maximum atomic E-state index is 12.4. The monoisotopic (exact) mass is 429 g/mol. The lowest BCUT2D eigenvalue weighted by Crippen LogP contribution is -2.34. The molecule has 0 unspecified atom stereocenters. The number of carbonyl (C=O) groups excluding carboxylic acids is 3. The van der Waals surface area contributed by atoms with Crippen molar-refractivity contribution in [3.05, 3.63) is 27.0 Å². The number of hydrogen-bond acceptors (Lipinski definition) is 5. The number of carbonyl (C=O) groups is 3. The van der Waals surface area contributed by atoms with E-state index in [-0.39, 0.29) is 31.2 Å². The fourth-order valence-corrected chi connectivity index (χ4v) is 4.65. The summed E-state index contributed by atoms with van der Waals surface area (Å²) in [6, 6.07) is 3.38. The third kappa shape index (κ3) is 4.40. The predicted molar refractivity (Wildman–Crippen MR) is 103 cm³/mol. The number of fused-ring (bicyclic) bond motifs is 1. The van der Waals surface area contributed by atoms with E-state index >= 15 is 0 Å². The Morgan fingerprint density at radius 2 is 1.96 bits per heavy atom. The Hall–Kier alpha value is -1.74. The zero-order chi connectivity index (χ0) is 19.6. The molecule has 0 aliphatic carbocycles. The van der Waals surface area contributed by atoms with Crippen LogP contribution in [-0.2, 0) is 25.7 Å². The van der Waals surface area contributed by atoms with E-state index in [1.165, 1.54) is 11.3 Å². The van der Waals surface area contributed by atoms with E-state index in [0.29, 0.717) is 40.1 Å². The first kappa shape index (κ1) is 20.0. The summed E-state index contributed by atoms with van der Waals surface area (Å²) in [5.41, 5.74) is 0.714. The molecular formula is C17H17Cl2N3O4S. The minimum Gasteiger partial charge on any atom is -0.380 e. The van der Waals surface area contributed by atoms with Crippen molar-refractivity contribution in [3.63, 3.8) is 0 Å². The van der Waals surface area contributed by atoms with Crippen LogP contribution in [0.25, 0.3) is 10.2 Å². The summed E-state index contributed by atoms with van der Waals surface area (Å²) in [4.78, 5) is 41.2. The Morgan fingerprint density at radius 1 is 1.26 bits per heavy atom. The standard InChI is InChI=1S/C17H17Cl2N3O4S/c1-2-26-6-5-21-16-11(19)7-10(18)8-12(16)27-17(21)20-13(23)9-22-14(24)3-4-15(22)25/h7-8H,2-6,9H2,1H3. The number of nitrogens with zero attached hydrogens (tertiary/aromatic N) is 3. The number of imide groups is 1. The van der Waals surface area contributed by atoms with Crippen LogP contribution in [0.1, 0.15) is 19.8 Å². The van der Waals surface area contributed by atoms with Crippen molar-refractivity contribution in [1.29, 1.82) is 0 Å². The fraction of sp³-hybridized carbons (Fsp3) is 0.412. The molecule has 0 N–H and O–H groups in total. The molecule has 1 saturated heterocycles. The molecule has 1 aromatic carbocycles. The summed E-state index contributed by atoms with van der Waals surface area (Å²) in [6.45, 7) is 2.97. The van der Waals surface area contributed by atoms with E-state index in [1.54, 1.807) is 16.7 Å². The molecule has 1 aliphatic heterocycles. The SMILES string of the molecule is CCOCCn1c(=NC(=O)CN2C(=O)CCC2=O)sc2cc(Cl)cc(Cl)c21. The number of rotatable bonds is 6. The second-order valence-corrected chi connectivity index (χ2v) is 7.70. The smallest absolute Gasteiger partial charge is 0.268 e. The van der Waals surface area contributed by atoms with Crippen molar-refractivity contribution in [2.24, 2.45) is 4.99 Å². The third-order valence-electron chi connectivity index (χ3n) is 4.03. The normalized spacial score (nSPS) is 15.4. The van der Waals surface area contributed by atoms with Crippen LogP contribution in [0.5, 0.6) is 0 Å². The van der Waals surface area contributed by atoms with Crippen LogP contribution in [0.4, 0.5) is 0 Å². The highest BCUT2D eigenvalue weighted by atomic mass is 35.5. The molecule has 27 heavy (non-hydrogen) atoms. The first-order valence-electron chi connectivity index (χ1n) is 8.37. The average Bonchev–Trinajstić information content (AvgIpc) is 3.09. The van der Waals surface area contributed by atoms with Crippen molar-refractivity contribution in [1.82, 2.24) is 9.47 Å². The second kappa shape index (κ2) is 8.52. The Labute approximate surface area is 169 Å². The van der Waals surface area contributed by atoms with Gasteiger partial charge in [-0.1, -0.05) is 34.5 Å². The molecule has 1 aliphatic rings. The third-order valence-corrected chi connectivity index (χ3v) is 5.56. The van der Waals surface area contributed by atoms with Gasteiger partial charge in [0.15, 0.2) is 4.80 Å². The van der Waals surface area contributed by atoms with E-state index < -0.39 is 5.91 Å². The molecule has 1 fully saturated rings. The van der Waals surface area contributed by atoms with Gasteiger partial charge >= 0.3 is 0 Å². The maximum Gasteiger partial charge on any atom is 0.268 e. The van der Waals surface area contributed by atoms with Gasteiger partial charge in [0, 0.05) is 31.0 Å². The van der Waals surface area contributed by atoms with Gasteiger partial charge < -0.3 is 9.30 Å². The molecule has 1 aromatic heterocycles. The summed E-state index contributed by atoms with van der Waals surface area (Å²) in [5.74, 6) is -1.27. The lowest BCUT2D eigenvalue weighted by Gasteiger charge is -2.10. The predicted octanol–water partition coefficient (Wildman–Crippen LogP) is 2.62. The first-order valence-corrected chi connectivity index (χ1v) is 9.94. The van der Waals surface area contributed by atoms with Crippen molar-refractivity contribution >= 4 is 62.5 Å². The topological polar surface area (TPSA) is 81.0 Å². The van der Waals surface area contributed by atoms with Crippen molar-refractivity contribution in [2.75, 3.05) is 19.8 Å². The molecule has 0 atom stereocenters. The first-order chi connectivity index (χ1) is 12.9. The van der Waals surface area contributed by atoms with Gasteiger partial charge in [0.25, 0.3) is 5.91 Å². The molecule has 2 aromatic rings. The second-order valence-electron chi connectivity index (χ2n) is 5.85. The summed E-state index contributed by atoms with van der Waals surface area (Å²) < 4.78 is 7.98. The largest absolute Gasteiger partial charge is 0.380 e. The van der Waals surface area contributed by atoms with Crippen LogP contribution in [0, 0.1) is 0 Å². The summed E-state index contributed by atoms with van der Waals surface area (Å²) >= 11 is 13.7. The molecule has 0 spiro atoms. The zero-order valence-electron chi connectivity index (χ0n) is 14.5. The molecular weight excluding hydrogens is 413 g/mol. The number of benzene rings is 1. The molecule has 2 heterocycles. The fourth-order valence-electron chi connectivity index (χ4n) is 2.80. The van der Waals surface area contributed by atoms with E-state index in [9.17, 15) is 14.4 Å². The number of amides is 3. The van der Waals surface area contributed by atoms with Gasteiger partial charge in [-0.25, -0.2) is 0 Å². The molecule has 10 heteroatoms. The molecule has 7 nitrogen and oxygen atoms in total. The van der Waals surface area contributed by atoms with Gasteiger partial charge in [0.05, 0.1) is 21.8 Å². The number of likely N-dealkylation sites (tertiary alicyclic amines) is 1. The Balaban J connectivity index is 1.98. The molecule has 3 rings (SSSR count). The summed E-state index contributed by atoms with van der Waals surface area (Å²) in [6.07, 6.45) is 0.273. The molecule has 0 radical (unpaired) electrons. The van der Waals surface area contributed by atoms with Crippen LogP contribution in [0.3, 0.4) is 0 Å². The number of aromatic nitrogens is 1. The van der Waals surface area contributed by atoms with Gasteiger partial charge in [-0.3, -0.25) is 19.3 Å². The summed E-state index contributed by atoms with van der Waals surface area (Å²) in [7, 11) is 0. The van der Waals surface area contributed by atoms with Crippen LogP contribution in [-0.4, -0.2) is 46.9 Å². The minimum atomic E-state index is -0.572. The highest BCUT2D eigenvalue weighted by Crippen LogP contribution is 2.29. The summed E-state index contributed by atoms with van der Waals surface area (Å²) in [5, 5.41) is 0.931. The van der Waals surface area contributed by atoms with E-state index in [0.717, 1.165) is 9.60 Å². The van der Waals surface area contributed by atoms with Crippen LogP contribution in [0.15, 0.2) is 17.1 Å². The number of halogens is 2. The molecule has 0 bridgehead atoms. The molecule has 144 valence electrons. The average molecular weight is 430 g/mol. The molecule has 0 saturated carbocycles. The van der Waals surface area contributed by atoms with Gasteiger partial charge in [-0.2, -0.15) is 4.99 Å². The number of ether oxygens (including phenoxy) is 1. The van der Waals surface area contributed by atoms with Crippen molar-refractivity contribution < 1.29 is 19.1 Å². The maximum absolute atomic E-state index is 12.4. The quantitative estimate of drug-likeness (QED) is 0.521. The number of hydrogen-bond donors (Lipinski definition) is 0. The lowest BCUT2D eigenvalue weighted by atomic mass is 10.3. The van der Waals surface area contributed by atoms with Crippen molar-refractivity contribution in [3.8, 4) is 0 Å². The number of thiazole rings is 1. The Kier molecular flexibility index (Phi) is 6.31. The van der Waals surface area contributed by atoms with Crippen LogP contribution in [0.2, 0.25) is 10.0 Å². The Morgan fingerprint density at radius 3 is 2.63 bits per heavy atom.